The molecular weight excluding hydrogens is 278 g/mol. The summed E-state index contributed by atoms with van der Waals surface area (Å²) in [4.78, 5) is 11.4. The summed E-state index contributed by atoms with van der Waals surface area (Å²) in [5.74, 6) is -1.06. The predicted molar refractivity (Wildman–Crippen MR) is 82.6 cm³/mol. The van der Waals surface area contributed by atoms with Crippen LogP contribution in [0.15, 0.2) is 60.7 Å². The van der Waals surface area contributed by atoms with Gasteiger partial charge in [-0.15, -0.1) is 5.10 Å². The first-order valence-corrected chi connectivity index (χ1v) is 7.02. The molecule has 0 saturated carbocycles. The molecule has 1 heterocycles. The van der Waals surface area contributed by atoms with Crippen LogP contribution in [-0.4, -0.2) is 26.1 Å². The molecule has 22 heavy (non-hydrogen) atoms. The minimum Gasteiger partial charge on any atom is -0.476 e. The zero-order valence-corrected chi connectivity index (χ0v) is 11.9. The highest BCUT2D eigenvalue weighted by Crippen LogP contribution is 2.22. The highest BCUT2D eigenvalue weighted by atomic mass is 16.4. The van der Waals surface area contributed by atoms with Gasteiger partial charge in [-0.25, -0.2) is 9.48 Å². The molecule has 5 heteroatoms. The first kappa shape index (κ1) is 14.0. The fourth-order valence-corrected chi connectivity index (χ4v) is 2.38. The third-order valence-corrected chi connectivity index (χ3v) is 3.44. The Kier molecular flexibility index (Phi) is 3.96. The van der Waals surface area contributed by atoms with Gasteiger partial charge < -0.3 is 5.11 Å². The van der Waals surface area contributed by atoms with Crippen LogP contribution >= 0.6 is 0 Å². The predicted octanol–water partition coefficient (Wildman–Crippen LogP) is 2.89. The lowest BCUT2D eigenvalue weighted by atomic mass is 10.1. The van der Waals surface area contributed by atoms with Gasteiger partial charge in [0.2, 0.25) is 0 Å². The summed E-state index contributed by atoms with van der Waals surface area (Å²) in [6, 6.07) is 19.4. The number of carbonyl (C=O) groups is 1. The molecule has 3 aromatic rings. The van der Waals surface area contributed by atoms with E-state index < -0.39 is 5.97 Å². The molecule has 1 N–H and O–H groups in total. The second kappa shape index (κ2) is 6.22. The molecule has 5 nitrogen and oxygen atoms in total. The van der Waals surface area contributed by atoms with Crippen molar-refractivity contribution in [2.45, 2.75) is 13.0 Å². The summed E-state index contributed by atoms with van der Waals surface area (Å²) in [6.07, 6.45) is 0.767. The molecule has 0 aliphatic heterocycles. The van der Waals surface area contributed by atoms with E-state index in [-0.39, 0.29) is 5.69 Å². The maximum Gasteiger partial charge on any atom is 0.358 e. The number of aromatic carboxylic acids is 1. The van der Waals surface area contributed by atoms with Crippen molar-refractivity contribution in [3.05, 3.63) is 71.9 Å². The Morgan fingerprint density at radius 1 is 1.00 bits per heavy atom. The number of aryl methyl sites for hydroxylation is 2. The van der Waals surface area contributed by atoms with Crippen LogP contribution < -0.4 is 0 Å². The Morgan fingerprint density at radius 3 is 2.27 bits per heavy atom. The zero-order chi connectivity index (χ0) is 15.4. The molecule has 0 spiro atoms. The van der Waals surface area contributed by atoms with Crippen molar-refractivity contribution in [3.63, 3.8) is 0 Å². The van der Waals surface area contributed by atoms with Crippen molar-refractivity contribution in [1.82, 2.24) is 15.0 Å². The molecule has 0 bridgehead atoms. The lowest BCUT2D eigenvalue weighted by Crippen LogP contribution is -2.07. The Hall–Kier alpha value is -2.95. The van der Waals surface area contributed by atoms with Crippen LogP contribution in [0.4, 0.5) is 0 Å². The van der Waals surface area contributed by atoms with Gasteiger partial charge in [0, 0.05) is 12.1 Å². The number of hydrogen-bond donors (Lipinski definition) is 1. The van der Waals surface area contributed by atoms with Crippen LogP contribution in [0.25, 0.3) is 11.3 Å². The maximum atomic E-state index is 11.4. The van der Waals surface area contributed by atoms with Crippen LogP contribution in [0, 0.1) is 0 Å². The summed E-state index contributed by atoms with van der Waals surface area (Å²) in [6.45, 7) is 0.578. The van der Waals surface area contributed by atoms with Gasteiger partial charge in [0.1, 0.15) is 5.69 Å². The second-order valence-corrected chi connectivity index (χ2v) is 4.92. The van der Waals surface area contributed by atoms with Crippen LogP contribution in [0.3, 0.4) is 0 Å². The number of benzene rings is 2. The van der Waals surface area contributed by atoms with Gasteiger partial charge in [0.25, 0.3) is 0 Å². The van der Waals surface area contributed by atoms with E-state index in [1.807, 2.05) is 60.7 Å². The Bertz CT molecular complexity index is 767. The average molecular weight is 293 g/mol. The van der Waals surface area contributed by atoms with Crippen LogP contribution in [0.2, 0.25) is 0 Å². The summed E-state index contributed by atoms with van der Waals surface area (Å²) < 4.78 is 1.66. The van der Waals surface area contributed by atoms with Crippen molar-refractivity contribution in [1.29, 1.82) is 0 Å². The first-order valence-electron chi connectivity index (χ1n) is 7.02. The number of carboxylic acids is 1. The highest BCUT2D eigenvalue weighted by molar-refractivity contribution is 5.92. The van der Waals surface area contributed by atoms with E-state index >= 15 is 0 Å². The number of nitrogens with zero attached hydrogens (tertiary/aromatic N) is 3. The van der Waals surface area contributed by atoms with E-state index in [1.54, 1.807) is 4.68 Å². The van der Waals surface area contributed by atoms with Crippen LogP contribution in [0.1, 0.15) is 16.1 Å². The van der Waals surface area contributed by atoms with Crippen LogP contribution in [0.5, 0.6) is 0 Å². The molecular formula is C17H15N3O2. The Labute approximate surface area is 127 Å². The van der Waals surface area contributed by atoms with Gasteiger partial charge in [-0.1, -0.05) is 65.9 Å². The zero-order valence-electron chi connectivity index (χ0n) is 11.9. The van der Waals surface area contributed by atoms with Gasteiger partial charge in [0.05, 0.1) is 0 Å². The normalized spacial score (nSPS) is 10.5. The van der Waals surface area contributed by atoms with Gasteiger partial charge in [-0.2, -0.15) is 0 Å². The number of rotatable bonds is 5. The fraction of sp³-hybridized carbons (Fsp3) is 0.118. The summed E-state index contributed by atoms with van der Waals surface area (Å²) in [5.41, 5.74) is 2.51. The Balaban J connectivity index is 1.93. The topological polar surface area (TPSA) is 68.0 Å². The van der Waals surface area contributed by atoms with E-state index in [0.717, 1.165) is 12.0 Å². The molecule has 3 rings (SSSR count). The number of aromatic nitrogens is 3. The van der Waals surface area contributed by atoms with Crippen molar-refractivity contribution in [3.8, 4) is 11.3 Å². The van der Waals surface area contributed by atoms with Gasteiger partial charge in [0.15, 0.2) is 5.69 Å². The van der Waals surface area contributed by atoms with Crippen LogP contribution in [-0.2, 0) is 13.0 Å². The molecule has 2 aromatic carbocycles. The van der Waals surface area contributed by atoms with Gasteiger partial charge >= 0.3 is 5.97 Å². The molecule has 0 radical (unpaired) electrons. The van der Waals surface area contributed by atoms with E-state index in [4.69, 9.17) is 0 Å². The van der Waals surface area contributed by atoms with Gasteiger partial charge in [-0.05, 0) is 12.0 Å². The molecule has 0 aliphatic rings. The van der Waals surface area contributed by atoms with E-state index in [9.17, 15) is 9.90 Å². The summed E-state index contributed by atoms with van der Waals surface area (Å²) >= 11 is 0. The largest absolute Gasteiger partial charge is 0.476 e. The summed E-state index contributed by atoms with van der Waals surface area (Å²) in [7, 11) is 0. The van der Waals surface area contributed by atoms with Crippen molar-refractivity contribution < 1.29 is 9.90 Å². The molecule has 0 unspecified atom stereocenters. The van der Waals surface area contributed by atoms with Crippen molar-refractivity contribution >= 4 is 5.97 Å². The maximum absolute atomic E-state index is 11.4. The molecule has 0 saturated heterocycles. The van der Waals surface area contributed by atoms with E-state index in [1.165, 1.54) is 5.56 Å². The second-order valence-electron chi connectivity index (χ2n) is 4.92. The smallest absolute Gasteiger partial charge is 0.358 e. The molecule has 0 atom stereocenters. The molecule has 110 valence electrons. The SMILES string of the molecule is O=C(O)c1nnn(CCc2ccccc2)c1-c1ccccc1. The minimum atomic E-state index is -1.06. The average Bonchev–Trinajstić information content (AvgIpc) is 2.99. The number of carboxylic acid groups (broad SMARTS) is 1. The molecule has 1 aromatic heterocycles. The molecule has 0 fully saturated rings. The summed E-state index contributed by atoms with van der Waals surface area (Å²) in [5, 5.41) is 17.1. The molecule has 0 amide bonds. The quantitative estimate of drug-likeness (QED) is 0.785. The Morgan fingerprint density at radius 2 is 1.64 bits per heavy atom. The van der Waals surface area contributed by atoms with E-state index in [0.29, 0.717) is 12.2 Å². The first-order chi connectivity index (χ1) is 10.8. The highest BCUT2D eigenvalue weighted by Gasteiger charge is 2.20. The lowest BCUT2D eigenvalue weighted by Gasteiger charge is -2.07. The third-order valence-electron chi connectivity index (χ3n) is 3.44. The standard InChI is InChI=1S/C17H15N3O2/c21-17(22)15-16(14-9-5-2-6-10-14)20(19-18-15)12-11-13-7-3-1-4-8-13/h1-10H,11-12H2,(H,21,22). The van der Waals surface area contributed by atoms with Gasteiger partial charge in [-0.3, -0.25) is 0 Å². The van der Waals surface area contributed by atoms with Crippen molar-refractivity contribution in [2.75, 3.05) is 0 Å². The fourth-order valence-electron chi connectivity index (χ4n) is 2.38. The third kappa shape index (κ3) is 2.88. The van der Waals surface area contributed by atoms with E-state index in [2.05, 4.69) is 10.3 Å². The minimum absolute atomic E-state index is 0.0146. The van der Waals surface area contributed by atoms with Crippen molar-refractivity contribution in [2.24, 2.45) is 0 Å². The number of hydrogen-bond acceptors (Lipinski definition) is 3. The molecule has 0 aliphatic carbocycles. The lowest BCUT2D eigenvalue weighted by molar-refractivity contribution is 0.0691. The monoisotopic (exact) mass is 293 g/mol.